The first-order valence-electron chi connectivity index (χ1n) is 7.23. The Kier molecular flexibility index (Phi) is 5.33. The van der Waals surface area contributed by atoms with Crippen LogP contribution in [0.3, 0.4) is 0 Å². The third kappa shape index (κ3) is 4.69. The van der Waals surface area contributed by atoms with Gasteiger partial charge in [-0.1, -0.05) is 0 Å². The molecule has 1 aliphatic heterocycles. The van der Waals surface area contributed by atoms with Crippen LogP contribution in [0.4, 0.5) is 4.79 Å². The van der Waals surface area contributed by atoms with Gasteiger partial charge >= 0.3 is 6.09 Å². The number of thiophene rings is 1. The Balaban J connectivity index is 1.85. The molecule has 1 amide bonds. The van der Waals surface area contributed by atoms with Crippen molar-refractivity contribution < 1.29 is 9.53 Å². The van der Waals surface area contributed by atoms with Crippen LogP contribution in [0, 0.1) is 0 Å². The average Bonchev–Trinajstić information content (AvgIpc) is 2.95. The van der Waals surface area contributed by atoms with E-state index in [4.69, 9.17) is 4.74 Å². The zero-order valence-electron chi connectivity index (χ0n) is 13.0. The average molecular weight is 375 g/mol. The van der Waals surface area contributed by atoms with Gasteiger partial charge in [0.15, 0.2) is 0 Å². The second-order valence-corrected chi connectivity index (χ2v) is 8.24. The number of halogens is 1. The summed E-state index contributed by atoms with van der Waals surface area (Å²) in [6.07, 6.45) is 0.754. The molecule has 2 rings (SSSR count). The number of carbonyl (C=O) groups excluding carboxylic acids is 1. The number of nitrogens with one attached hydrogen (secondary N) is 1. The van der Waals surface area contributed by atoms with Crippen LogP contribution < -0.4 is 5.32 Å². The first-order chi connectivity index (χ1) is 9.76. The largest absolute Gasteiger partial charge is 0.444 e. The molecule has 2 heterocycles. The van der Waals surface area contributed by atoms with Crippen LogP contribution in [-0.2, 0) is 4.74 Å². The van der Waals surface area contributed by atoms with Crippen LogP contribution in [0.2, 0.25) is 0 Å². The summed E-state index contributed by atoms with van der Waals surface area (Å²) in [5.74, 6) is 0. The Hall–Kier alpha value is -0.590. The molecule has 0 saturated carbocycles. The highest BCUT2D eigenvalue weighted by atomic mass is 79.9. The smallest absolute Gasteiger partial charge is 0.410 e. The lowest BCUT2D eigenvalue weighted by Gasteiger charge is -2.25. The number of ether oxygens (including phenoxy) is 1. The van der Waals surface area contributed by atoms with Gasteiger partial charge in [-0.2, -0.15) is 0 Å². The highest BCUT2D eigenvalue weighted by Gasteiger charge is 2.30. The summed E-state index contributed by atoms with van der Waals surface area (Å²) >= 11 is 5.31. The fraction of sp³-hybridized carbons (Fsp3) is 0.667. The third-order valence-corrected chi connectivity index (χ3v) is 5.42. The summed E-state index contributed by atoms with van der Waals surface area (Å²) in [5, 5.41) is 5.68. The van der Waals surface area contributed by atoms with E-state index in [1.165, 1.54) is 4.88 Å². The molecule has 1 aromatic rings. The molecule has 118 valence electrons. The number of nitrogens with zero attached hydrogens (tertiary/aromatic N) is 1. The Morgan fingerprint density at radius 3 is 2.86 bits per heavy atom. The number of amides is 1. The summed E-state index contributed by atoms with van der Waals surface area (Å²) in [6.45, 7) is 9.31. The Morgan fingerprint density at radius 1 is 1.57 bits per heavy atom. The summed E-state index contributed by atoms with van der Waals surface area (Å²) in [7, 11) is 0. The van der Waals surface area contributed by atoms with Crippen molar-refractivity contribution in [3.05, 3.63) is 20.8 Å². The quantitative estimate of drug-likeness (QED) is 0.862. The highest BCUT2D eigenvalue weighted by Crippen LogP contribution is 2.29. The molecule has 21 heavy (non-hydrogen) atoms. The number of hydrogen-bond donors (Lipinski definition) is 1. The van der Waals surface area contributed by atoms with E-state index in [9.17, 15) is 4.79 Å². The van der Waals surface area contributed by atoms with Crippen LogP contribution in [0.15, 0.2) is 15.9 Å². The Morgan fingerprint density at radius 2 is 2.29 bits per heavy atom. The molecule has 1 saturated heterocycles. The van der Waals surface area contributed by atoms with Crippen molar-refractivity contribution in [2.24, 2.45) is 0 Å². The van der Waals surface area contributed by atoms with Gasteiger partial charge in [0.05, 0.1) is 0 Å². The van der Waals surface area contributed by atoms with Gasteiger partial charge < -0.3 is 15.0 Å². The molecule has 2 atom stereocenters. The van der Waals surface area contributed by atoms with E-state index in [-0.39, 0.29) is 12.1 Å². The summed E-state index contributed by atoms with van der Waals surface area (Å²) < 4.78 is 6.57. The van der Waals surface area contributed by atoms with Gasteiger partial charge in [-0.25, -0.2) is 4.79 Å². The minimum absolute atomic E-state index is 0.211. The maximum atomic E-state index is 12.0. The molecule has 1 aliphatic rings. The molecule has 6 heteroatoms. The second kappa shape index (κ2) is 6.67. The van der Waals surface area contributed by atoms with Crippen LogP contribution >= 0.6 is 27.3 Å². The summed E-state index contributed by atoms with van der Waals surface area (Å²) in [4.78, 5) is 15.1. The fourth-order valence-electron chi connectivity index (χ4n) is 2.43. The van der Waals surface area contributed by atoms with Crippen molar-refractivity contribution >= 4 is 33.4 Å². The SMILES string of the molecule is CC(NC1CCN(C(=O)OC(C)(C)C)C1)c1sccc1Br. The molecule has 1 N–H and O–H groups in total. The van der Waals surface area contributed by atoms with Gasteiger partial charge in [0.2, 0.25) is 0 Å². The van der Waals surface area contributed by atoms with Gasteiger partial charge in [-0.3, -0.25) is 0 Å². The zero-order chi connectivity index (χ0) is 15.6. The first-order valence-corrected chi connectivity index (χ1v) is 8.90. The number of likely N-dealkylation sites (tertiary alicyclic amines) is 1. The highest BCUT2D eigenvalue weighted by molar-refractivity contribution is 9.10. The first kappa shape index (κ1) is 16.8. The predicted molar refractivity (Wildman–Crippen MR) is 89.8 cm³/mol. The molecule has 1 aromatic heterocycles. The normalized spacial score (nSPS) is 20.6. The van der Waals surface area contributed by atoms with Crippen molar-refractivity contribution in [3.8, 4) is 0 Å². The minimum atomic E-state index is -0.433. The van der Waals surface area contributed by atoms with Crippen LogP contribution in [-0.4, -0.2) is 35.7 Å². The van der Waals surface area contributed by atoms with E-state index in [0.717, 1.165) is 17.4 Å². The van der Waals surface area contributed by atoms with Gasteiger partial charge in [-0.05, 0) is 61.5 Å². The molecular weight excluding hydrogens is 352 g/mol. The van der Waals surface area contributed by atoms with E-state index in [1.54, 1.807) is 16.2 Å². The maximum Gasteiger partial charge on any atom is 0.410 e. The van der Waals surface area contributed by atoms with E-state index in [0.29, 0.717) is 12.6 Å². The molecule has 1 fully saturated rings. The van der Waals surface area contributed by atoms with Crippen molar-refractivity contribution in [2.45, 2.75) is 51.8 Å². The van der Waals surface area contributed by atoms with Gasteiger partial charge in [0.1, 0.15) is 5.60 Å². The number of carbonyl (C=O) groups is 1. The molecule has 2 unspecified atom stereocenters. The zero-order valence-corrected chi connectivity index (χ0v) is 15.4. The van der Waals surface area contributed by atoms with Crippen molar-refractivity contribution in [3.63, 3.8) is 0 Å². The second-order valence-electron chi connectivity index (χ2n) is 6.43. The Labute approximate surface area is 139 Å². The topological polar surface area (TPSA) is 41.6 Å². The molecule has 0 bridgehead atoms. The molecular formula is C15H23BrN2O2S. The van der Waals surface area contributed by atoms with E-state index >= 15 is 0 Å². The monoisotopic (exact) mass is 374 g/mol. The van der Waals surface area contributed by atoms with Crippen LogP contribution in [0.5, 0.6) is 0 Å². The fourth-order valence-corrected chi connectivity index (χ4v) is 4.17. The number of rotatable bonds is 3. The van der Waals surface area contributed by atoms with Gasteiger partial charge in [0, 0.05) is 34.5 Å². The maximum absolute atomic E-state index is 12.0. The van der Waals surface area contributed by atoms with Gasteiger partial charge in [-0.15, -0.1) is 11.3 Å². The van der Waals surface area contributed by atoms with Crippen molar-refractivity contribution in [1.29, 1.82) is 0 Å². The standard InChI is InChI=1S/C15H23BrN2O2S/c1-10(13-12(16)6-8-21-13)17-11-5-7-18(9-11)14(19)20-15(2,3)4/h6,8,10-11,17H,5,7,9H2,1-4H3. The lowest BCUT2D eigenvalue weighted by Crippen LogP contribution is -2.38. The van der Waals surface area contributed by atoms with Crippen LogP contribution in [0.1, 0.15) is 45.0 Å². The molecule has 4 nitrogen and oxygen atoms in total. The summed E-state index contributed by atoms with van der Waals surface area (Å²) in [6, 6.07) is 2.67. The van der Waals surface area contributed by atoms with E-state index < -0.39 is 5.60 Å². The van der Waals surface area contributed by atoms with Crippen LogP contribution in [0.25, 0.3) is 0 Å². The molecule has 0 aliphatic carbocycles. The van der Waals surface area contributed by atoms with Gasteiger partial charge in [0.25, 0.3) is 0 Å². The van der Waals surface area contributed by atoms with Crippen molar-refractivity contribution in [2.75, 3.05) is 13.1 Å². The molecule has 0 spiro atoms. The lowest BCUT2D eigenvalue weighted by atomic mass is 10.2. The van der Waals surface area contributed by atoms with Crippen molar-refractivity contribution in [1.82, 2.24) is 10.2 Å². The predicted octanol–water partition coefficient (Wildman–Crippen LogP) is 4.17. The Bertz CT molecular complexity index is 498. The van der Waals surface area contributed by atoms with E-state index in [1.807, 2.05) is 20.8 Å². The third-order valence-electron chi connectivity index (χ3n) is 3.36. The molecule has 0 radical (unpaired) electrons. The summed E-state index contributed by atoms with van der Waals surface area (Å²) in [5.41, 5.74) is -0.433. The van der Waals surface area contributed by atoms with E-state index in [2.05, 4.69) is 39.6 Å². The lowest BCUT2D eigenvalue weighted by molar-refractivity contribution is 0.0290. The molecule has 0 aromatic carbocycles. The minimum Gasteiger partial charge on any atom is -0.444 e. The number of hydrogen-bond acceptors (Lipinski definition) is 4.